The maximum Gasteiger partial charge on any atom is 0.343 e. The van der Waals surface area contributed by atoms with Crippen LogP contribution >= 0.6 is 15.9 Å². The van der Waals surface area contributed by atoms with Crippen molar-refractivity contribution in [2.75, 3.05) is 7.11 Å². The smallest absolute Gasteiger partial charge is 0.343 e. The van der Waals surface area contributed by atoms with E-state index < -0.39 is 29.9 Å². The van der Waals surface area contributed by atoms with Crippen LogP contribution in [0, 0.1) is 0 Å². The summed E-state index contributed by atoms with van der Waals surface area (Å²) in [7, 11) is 1.08. The van der Waals surface area contributed by atoms with E-state index in [1.807, 2.05) is 0 Å². The molecule has 0 saturated carbocycles. The maximum absolute atomic E-state index is 11.8. The molecule has 106 valence electrons. The first kappa shape index (κ1) is 14.5. The van der Waals surface area contributed by atoms with Crippen LogP contribution in [0.4, 0.5) is 0 Å². The van der Waals surface area contributed by atoms with E-state index in [2.05, 4.69) is 20.7 Å². The van der Waals surface area contributed by atoms with E-state index >= 15 is 0 Å². The first-order valence-corrected chi connectivity index (χ1v) is 6.41. The van der Waals surface area contributed by atoms with Gasteiger partial charge < -0.3 is 19.7 Å². The molecule has 1 aliphatic heterocycles. The van der Waals surface area contributed by atoms with Gasteiger partial charge in [0.05, 0.1) is 7.11 Å². The zero-order valence-corrected chi connectivity index (χ0v) is 12.0. The number of hydrogen-bond donors (Lipinski definition) is 2. The Hall–Kier alpha value is -1.86. The lowest BCUT2D eigenvalue weighted by Crippen LogP contribution is -2.36. The molecule has 20 heavy (non-hydrogen) atoms. The van der Waals surface area contributed by atoms with Crippen LogP contribution in [-0.4, -0.2) is 41.5 Å². The molecule has 7 heteroatoms. The number of benzene rings is 1. The Bertz CT molecular complexity index is 577. The number of esters is 2. The van der Waals surface area contributed by atoms with Crippen LogP contribution in [-0.2, 0) is 19.1 Å². The summed E-state index contributed by atoms with van der Waals surface area (Å²) in [5.74, 6) is -2.29. The van der Waals surface area contributed by atoms with Gasteiger partial charge in [-0.25, -0.2) is 9.59 Å². The molecule has 1 aromatic rings. The van der Waals surface area contributed by atoms with Gasteiger partial charge in [0.2, 0.25) is 0 Å². The van der Waals surface area contributed by atoms with Crippen molar-refractivity contribution < 1.29 is 29.3 Å². The molecule has 0 spiro atoms. The highest BCUT2D eigenvalue weighted by atomic mass is 79.9. The third kappa shape index (κ3) is 2.54. The Morgan fingerprint density at radius 2 is 2.00 bits per heavy atom. The average Bonchev–Trinajstić information content (AvgIpc) is 2.73. The van der Waals surface area contributed by atoms with Crippen LogP contribution in [0.3, 0.4) is 0 Å². The topological polar surface area (TPSA) is 93.1 Å². The van der Waals surface area contributed by atoms with Crippen LogP contribution in [0.15, 0.2) is 34.5 Å². The Balaban J connectivity index is 2.37. The number of hydrogen-bond acceptors (Lipinski definition) is 6. The summed E-state index contributed by atoms with van der Waals surface area (Å²) in [6.45, 7) is 0. The number of aliphatic hydroxyl groups is 2. The molecule has 0 aliphatic carbocycles. The fourth-order valence-electron chi connectivity index (χ4n) is 1.82. The Kier molecular flexibility index (Phi) is 4.10. The van der Waals surface area contributed by atoms with Crippen molar-refractivity contribution in [2.45, 2.75) is 12.2 Å². The van der Waals surface area contributed by atoms with Gasteiger partial charge in [-0.05, 0) is 17.7 Å². The predicted octanol–water partition coefficient (Wildman–Crippen LogP) is 1.18. The molecule has 0 unspecified atom stereocenters. The van der Waals surface area contributed by atoms with Crippen LogP contribution in [0.2, 0.25) is 0 Å². The number of aliphatic hydroxyl groups excluding tert-OH is 2. The molecule has 2 atom stereocenters. The third-order valence-electron chi connectivity index (χ3n) is 2.83. The fraction of sp³-hybridized carbons (Fsp3) is 0.231. The summed E-state index contributed by atoms with van der Waals surface area (Å²) in [6, 6.07) is 6.58. The standard InChI is InChI=1S/C13H11BrO6/c1-19-13(18)10(16)11-9(15)8(12(17)20-11)6-2-4-7(14)5-3-6/h2-5,10-11,15-16H,1H3/t10-,11+/m1/s1. The van der Waals surface area contributed by atoms with E-state index in [0.717, 1.165) is 11.6 Å². The number of carbonyl (C=O) groups is 2. The number of rotatable bonds is 3. The van der Waals surface area contributed by atoms with Crippen molar-refractivity contribution in [3.05, 3.63) is 40.1 Å². The number of cyclic esters (lactones) is 1. The normalized spacial score (nSPS) is 19.8. The molecule has 0 radical (unpaired) electrons. The van der Waals surface area contributed by atoms with E-state index in [0.29, 0.717) is 5.56 Å². The highest BCUT2D eigenvalue weighted by molar-refractivity contribution is 9.10. The summed E-state index contributed by atoms with van der Waals surface area (Å²) >= 11 is 3.25. The van der Waals surface area contributed by atoms with Crippen LogP contribution in [0.25, 0.3) is 5.57 Å². The Morgan fingerprint density at radius 3 is 2.55 bits per heavy atom. The van der Waals surface area contributed by atoms with Gasteiger partial charge in [-0.15, -0.1) is 0 Å². The quantitative estimate of drug-likeness (QED) is 0.801. The zero-order chi connectivity index (χ0) is 14.9. The van der Waals surface area contributed by atoms with Crippen LogP contribution < -0.4 is 0 Å². The highest BCUT2D eigenvalue weighted by Crippen LogP contribution is 2.31. The summed E-state index contributed by atoms with van der Waals surface area (Å²) in [4.78, 5) is 23.0. The minimum absolute atomic E-state index is 0.0783. The van der Waals surface area contributed by atoms with Crippen molar-refractivity contribution in [2.24, 2.45) is 0 Å². The van der Waals surface area contributed by atoms with Gasteiger partial charge in [0.1, 0.15) is 5.57 Å². The van der Waals surface area contributed by atoms with Crippen molar-refractivity contribution in [1.82, 2.24) is 0 Å². The second-order valence-electron chi connectivity index (χ2n) is 4.06. The van der Waals surface area contributed by atoms with Gasteiger partial charge in [0, 0.05) is 4.47 Å². The molecule has 0 aromatic heterocycles. The lowest BCUT2D eigenvalue weighted by Gasteiger charge is -2.14. The zero-order valence-electron chi connectivity index (χ0n) is 10.4. The van der Waals surface area contributed by atoms with Gasteiger partial charge in [-0.3, -0.25) is 0 Å². The Morgan fingerprint density at radius 1 is 1.40 bits per heavy atom. The minimum Gasteiger partial charge on any atom is -0.507 e. The van der Waals surface area contributed by atoms with Crippen molar-refractivity contribution >= 4 is 33.4 Å². The van der Waals surface area contributed by atoms with Crippen LogP contribution in [0.1, 0.15) is 5.56 Å². The largest absolute Gasteiger partial charge is 0.507 e. The molecule has 1 aromatic carbocycles. The maximum atomic E-state index is 11.8. The molecular weight excluding hydrogens is 332 g/mol. The average molecular weight is 343 g/mol. The number of halogens is 1. The van der Waals surface area contributed by atoms with Crippen molar-refractivity contribution in [1.29, 1.82) is 0 Å². The number of carbonyl (C=O) groups excluding carboxylic acids is 2. The number of methoxy groups -OCH3 is 1. The van der Waals surface area contributed by atoms with Gasteiger partial charge in [0.25, 0.3) is 0 Å². The predicted molar refractivity (Wildman–Crippen MR) is 71.6 cm³/mol. The molecule has 2 N–H and O–H groups in total. The fourth-order valence-corrected chi connectivity index (χ4v) is 2.08. The monoisotopic (exact) mass is 342 g/mol. The van der Waals surface area contributed by atoms with E-state index in [1.54, 1.807) is 24.3 Å². The lowest BCUT2D eigenvalue weighted by molar-refractivity contribution is -0.161. The van der Waals surface area contributed by atoms with E-state index in [-0.39, 0.29) is 5.57 Å². The first-order valence-electron chi connectivity index (χ1n) is 5.61. The molecule has 0 amide bonds. The molecule has 6 nitrogen and oxygen atoms in total. The van der Waals surface area contributed by atoms with Gasteiger partial charge in [0.15, 0.2) is 18.0 Å². The van der Waals surface area contributed by atoms with Crippen LogP contribution in [0.5, 0.6) is 0 Å². The van der Waals surface area contributed by atoms with Crippen molar-refractivity contribution in [3.63, 3.8) is 0 Å². The summed E-state index contributed by atoms with van der Waals surface area (Å²) < 4.78 is 9.98. The summed E-state index contributed by atoms with van der Waals surface area (Å²) in [5.41, 5.74) is 0.348. The van der Waals surface area contributed by atoms with Gasteiger partial charge in [-0.1, -0.05) is 28.1 Å². The lowest BCUT2D eigenvalue weighted by atomic mass is 10.0. The Labute approximate surface area is 122 Å². The van der Waals surface area contributed by atoms with E-state index in [9.17, 15) is 19.8 Å². The molecule has 1 aliphatic rings. The van der Waals surface area contributed by atoms with E-state index in [1.165, 1.54) is 0 Å². The molecule has 0 fully saturated rings. The van der Waals surface area contributed by atoms with Crippen molar-refractivity contribution in [3.8, 4) is 0 Å². The molecule has 2 rings (SSSR count). The summed E-state index contributed by atoms with van der Waals surface area (Å²) in [5, 5.41) is 19.7. The molecule has 1 heterocycles. The van der Waals surface area contributed by atoms with E-state index in [4.69, 9.17) is 4.74 Å². The first-order chi connectivity index (χ1) is 9.45. The SMILES string of the molecule is COC(=O)[C@H](O)[C@H]1OC(=O)C(c2ccc(Br)cc2)=C1O. The molecular formula is C13H11BrO6. The molecule has 0 bridgehead atoms. The van der Waals surface area contributed by atoms with Gasteiger partial charge >= 0.3 is 11.9 Å². The minimum atomic E-state index is -1.77. The number of ether oxygens (including phenoxy) is 2. The third-order valence-corrected chi connectivity index (χ3v) is 3.35. The highest BCUT2D eigenvalue weighted by Gasteiger charge is 2.42. The second-order valence-corrected chi connectivity index (χ2v) is 4.98. The van der Waals surface area contributed by atoms with Gasteiger partial charge in [-0.2, -0.15) is 0 Å². The molecule has 0 saturated heterocycles. The second kappa shape index (κ2) is 5.64. The summed E-state index contributed by atoms with van der Waals surface area (Å²) in [6.07, 6.45) is -3.22.